The van der Waals surface area contributed by atoms with Gasteiger partial charge < -0.3 is 24.8 Å². The Bertz CT molecular complexity index is 1300. The van der Waals surface area contributed by atoms with Crippen molar-refractivity contribution in [2.24, 2.45) is 0 Å². The normalized spacial score (nSPS) is 14.2. The summed E-state index contributed by atoms with van der Waals surface area (Å²) in [4.78, 5) is 36.6. The molecule has 2 amide bonds. The van der Waals surface area contributed by atoms with Crippen molar-refractivity contribution in [2.45, 2.75) is 38.1 Å². The molecule has 3 aromatic rings. The molecule has 2 N–H and O–H groups in total. The molecule has 0 heterocycles. The highest BCUT2D eigenvalue weighted by atomic mass is 16.6. The van der Waals surface area contributed by atoms with E-state index in [4.69, 9.17) is 14.2 Å². The Hall–Kier alpha value is -4.17. The first-order valence-electron chi connectivity index (χ1n) is 12.3. The molecular formula is C29H28N2O6. The molecule has 0 atom stereocenters. The number of carbonyl (C=O) groups excluding carboxylic acids is 3. The van der Waals surface area contributed by atoms with E-state index >= 15 is 0 Å². The lowest BCUT2D eigenvalue weighted by Gasteiger charge is -2.16. The maximum atomic E-state index is 12.4. The van der Waals surface area contributed by atoms with Crippen molar-refractivity contribution in [1.29, 1.82) is 0 Å². The zero-order valence-electron chi connectivity index (χ0n) is 20.3. The number of esters is 1. The fourth-order valence-corrected chi connectivity index (χ4v) is 4.40. The van der Waals surface area contributed by atoms with Crippen LogP contribution in [0.5, 0.6) is 0 Å². The van der Waals surface area contributed by atoms with Crippen LogP contribution >= 0.6 is 0 Å². The molecule has 5 rings (SSSR count). The third kappa shape index (κ3) is 5.81. The molecule has 2 aliphatic carbocycles. The number of hydrogen-bond acceptors (Lipinski definition) is 6. The smallest absolute Gasteiger partial charge is 0.407 e. The van der Waals surface area contributed by atoms with Crippen LogP contribution in [-0.2, 0) is 43.4 Å². The highest BCUT2D eigenvalue weighted by Crippen LogP contribution is 2.41. The Morgan fingerprint density at radius 3 is 2.35 bits per heavy atom. The second-order valence-corrected chi connectivity index (χ2v) is 9.15. The van der Waals surface area contributed by atoms with Crippen molar-refractivity contribution in [3.8, 4) is 11.1 Å². The highest BCUT2D eigenvalue weighted by Gasteiger charge is 2.53. The fraction of sp³-hybridized carbons (Fsp3) is 0.276. The predicted molar refractivity (Wildman–Crippen MR) is 135 cm³/mol. The van der Waals surface area contributed by atoms with Crippen molar-refractivity contribution in [1.82, 2.24) is 10.6 Å². The van der Waals surface area contributed by atoms with Crippen LogP contribution in [0.2, 0.25) is 0 Å². The Morgan fingerprint density at radius 2 is 1.54 bits per heavy atom. The average molecular weight is 501 g/mol. The first-order chi connectivity index (χ1) is 18.0. The van der Waals surface area contributed by atoms with Crippen LogP contribution in [-0.4, -0.2) is 36.8 Å². The lowest BCUT2D eigenvalue weighted by Crippen LogP contribution is -2.40. The topological polar surface area (TPSA) is 103 Å². The number of alkyl carbamates (subject to hydrolysis) is 1. The van der Waals surface area contributed by atoms with Crippen LogP contribution in [0.15, 0.2) is 72.8 Å². The molecule has 0 spiro atoms. The summed E-state index contributed by atoms with van der Waals surface area (Å²) in [6.07, 6.45) is 1.19. The van der Waals surface area contributed by atoms with Crippen LogP contribution < -0.4 is 10.6 Å². The fourth-order valence-electron chi connectivity index (χ4n) is 4.40. The van der Waals surface area contributed by atoms with E-state index in [1.54, 1.807) is 0 Å². The van der Waals surface area contributed by atoms with Gasteiger partial charge in [-0.15, -0.1) is 0 Å². The zero-order chi connectivity index (χ0) is 25.7. The van der Waals surface area contributed by atoms with Gasteiger partial charge >= 0.3 is 12.1 Å². The summed E-state index contributed by atoms with van der Waals surface area (Å²) in [5.41, 5.74) is 5.60. The van der Waals surface area contributed by atoms with Gasteiger partial charge in [-0.1, -0.05) is 72.8 Å². The summed E-state index contributed by atoms with van der Waals surface area (Å²) in [7, 11) is 0. The molecule has 0 aromatic heterocycles. The van der Waals surface area contributed by atoms with Gasteiger partial charge in [0.1, 0.15) is 26.5 Å². The molecule has 8 nitrogen and oxygen atoms in total. The lowest BCUT2D eigenvalue weighted by molar-refractivity contribution is -0.163. The number of ether oxygens (including phenoxy) is 3. The molecule has 2 aliphatic rings. The van der Waals surface area contributed by atoms with E-state index in [0.717, 1.165) is 28.7 Å². The molecule has 1 fully saturated rings. The van der Waals surface area contributed by atoms with Gasteiger partial charge in [0.2, 0.25) is 5.91 Å². The Labute approximate surface area is 214 Å². The Kier molecular flexibility index (Phi) is 7.18. The average Bonchev–Trinajstić information content (AvgIpc) is 3.62. The second-order valence-electron chi connectivity index (χ2n) is 9.15. The van der Waals surface area contributed by atoms with Crippen LogP contribution in [0.25, 0.3) is 11.1 Å². The monoisotopic (exact) mass is 500 g/mol. The van der Waals surface area contributed by atoms with Crippen molar-refractivity contribution in [3.05, 3.63) is 95.1 Å². The predicted octanol–water partition coefficient (Wildman–Crippen LogP) is 3.85. The highest BCUT2D eigenvalue weighted by molar-refractivity contribution is 5.83. The number of nitrogens with one attached hydrogen (secondary N) is 2. The van der Waals surface area contributed by atoms with Crippen molar-refractivity contribution in [2.75, 3.05) is 13.3 Å². The van der Waals surface area contributed by atoms with Crippen molar-refractivity contribution in [3.63, 3.8) is 0 Å². The summed E-state index contributed by atoms with van der Waals surface area (Å²) in [6, 6.07) is 23.6. The van der Waals surface area contributed by atoms with E-state index in [1.165, 1.54) is 11.1 Å². The molecule has 190 valence electrons. The van der Waals surface area contributed by atoms with Gasteiger partial charge in [0.25, 0.3) is 0 Å². The van der Waals surface area contributed by atoms with Crippen molar-refractivity contribution >= 4 is 18.0 Å². The molecule has 0 radical (unpaired) electrons. The standard InChI is InChI=1S/C29H28N2O6/c32-26(31-19-37-29(13-14-29)27(33)35-17-20-7-2-1-3-8-20)16-30-28(34)36-18-22-10-6-12-24-23-11-5-4-9-21(23)15-25(22)24/h1-12H,13-19H2,(H,30,34)(H,31,32). The summed E-state index contributed by atoms with van der Waals surface area (Å²) in [6.45, 7) is -0.151. The number of carbonyl (C=O) groups is 3. The Balaban J connectivity index is 1.01. The number of amides is 2. The van der Waals surface area contributed by atoms with E-state index in [9.17, 15) is 14.4 Å². The molecular weight excluding hydrogens is 472 g/mol. The van der Waals surface area contributed by atoms with Gasteiger partial charge in [-0.05, 0) is 52.6 Å². The minimum absolute atomic E-state index is 0.112. The summed E-state index contributed by atoms with van der Waals surface area (Å²) >= 11 is 0. The van der Waals surface area contributed by atoms with Gasteiger partial charge in [0.05, 0.1) is 0 Å². The minimum atomic E-state index is -1.01. The van der Waals surface area contributed by atoms with Crippen LogP contribution in [0, 0.1) is 0 Å². The van der Waals surface area contributed by atoms with Crippen LogP contribution in [0.4, 0.5) is 4.79 Å². The molecule has 1 saturated carbocycles. The molecule has 0 aliphatic heterocycles. The third-order valence-corrected chi connectivity index (χ3v) is 6.61. The maximum Gasteiger partial charge on any atom is 0.407 e. The molecule has 0 saturated heterocycles. The number of hydrogen-bond donors (Lipinski definition) is 2. The Morgan fingerprint density at radius 1 is 0.784 bits per heavy atom. The van der Waals surface area contributed by atoms with E-state index in [-0.39, 0.29) is 26.5 Å². The third-order valence-electron chi connectivity index (χ3n) is 6.61. The van der Waals surface area contributed by atoms with Crippen LogP contribution in [0.3, 0.4) is 0 Å². The first-order valence-corrected chi connectivity index (χ1v) is 12.3. The summed E-state index contributed by atoms with van der Waals surface area (Å²) in [5, 5.41) is 4.98. The van der Waals surface area contributed by atoms with Gasteiger partial charge in [-0.25, -0.2) is 9.59 Å². The van der Waals surface area contributed by atoms with Gasteiger partial charge in [-0.3, -0.25) is 4.79 Å². The van der Waals surface area contributed by atoms with E-state index in [2.05, 4.69) is 28.8 Å². The minimum Gasteiger partial charge on any atom is -0.459 e. The maximum absolute atomic E-state index is 12.4. The number of rotatable bonds is 10. The van der Waals surface area contributed by atoms with E-state index in [0.29, 0.717) is 12.8 Å². The van der Waals surface area contributed by atoms with Crippen LogP contribution in [0.1, 0.15) is 35.1 Å². The molecule has 0 bridgehead atoms. The van der Waals surface area contributed by atoms with Gasteiger partial charge in [0, 0.05) is 0 Å². The van der Waals surface area contributed by atoms with E-state index in [1.807, 2.05) is 54.6 Å². The van der Waals surface area contributed by atoms with E-state index < -0.39 is 23.6 Å². The number of fused-ring (bicyclic) bond motifs is 3. The molecule has 37 heavy (non-hydrogen) atoms. The quantitative estimate of drug-likeness (QED) is 0.253. The number of benzene rings is 3. The SMILES string of the molecule is O=C(CNC(=O)OCc1cccc2c1Cc1ccccc1-2)NCOC1(C(=O)OCc2ccccc2)CC1. The molecule has 8 heteroatoms. The molecule has 0 unspecified atom stereocenters. The summed E-state index contributed by atoms with van der Waals surface area (Å²) < 4.78 is 16.3. The largest absolute Gasteiger partial charge is 0.459 e. The summed E-state index contributed by atoms with van der Waals surface area (Å²) in [5.74, 6) is -0.899. The second kappa shape index (κ2) is 10.8. The molecule has 3 aromatic carbocycles. The van der Waals surface area contributed by atoms with Crippen molar-refractivity contribution < 1.29 is 28.6 Å². The first kappa shape index (κ1) is 24.5. The van der Waals surface area contributed by atoms with Gasteiger partial charge in [0.15, 0.2) is 5.60 Å². The zero-order valence-corrected chi connectivity index (χ0v) is 20.3. The van der Waals surface area contributed by atoms with Gasteiger partial charge in [-0.2, -0.15) is 0 Å². The lowest BCUT2D eigenvalue weighted by atomic mass is 10.0.